The van der Waals surface area contributed by atoms with Crippen LogP contribution in [0, 0.1) is 19.8 Å². The average molecular weight is 433 g/mol. The Hall–Kier alpha value is -3.15. The van der Waals surface area contributed by atoms with Crippen LogP contribution in [0.5, 0.6) is 0 Å². The zero-order valence-corrected chi connectivity index (χ0v) is 17.9. The molecule has 0 spiro atoms. The summed E-state index contributed by atoms with van der Waals surface area (Å²) in [4.78, 5) is 34.3. The van der Waals surface area contributed by atoms with Crippen molar-refractivity contribution in [3.8, 4) is 0 Å². The highest BCUT2D eigenvalue weighted by Gasteiger charge is 2.60. The van der Waals surface area contributed by atoms with Crippen LogP contribution in [0.4, 0.5) is 11.4 Å². The Morgan fingerprint density at radius 3 is 2.29 bits per heavy atom. The number of hydrogen-bond donors (Lipinski definition) is 0. The number of nitrogens with zero attached hydrogens (tertiary/aromatic N) is 2. The van der Waals surface area contributed by atoms with Gasteiger partial charge in [-0.3, -0.25) is 14.4 Å². The number of halogens is 1. The molecule has 0 N–H and O–H groups in total. The third kappa shape index (κ3) is 3.12. The normalized spacial score (nSPS) is 22.9. The van der Waals surface area contributed by atoms with E-state index in [4.69, 9.17) is 16.4 Å². The summed E-state index contributed by atoms with van der Waals surface area (Å²) in [6.07, 6.45) is -0.908. The first-order valence-electron chi connectivity index (χ1n) is 10.2. The van der Waals surface area contributed by atoms with Crippen LogP contribution < -0.4 is 9.96 Å². The molecule has 31 heavy (non-hydrogen) atoms. The highest BCUT2D eigenvalue weighted by Crippen LogP contribution is 2.48. The topological polar surface area (TPSA) is 49.9 Å². The zero-order chi connectivity index (χ0) is 21.7. The van der Waals surface area contributed by atoms with Gasteiger partial charge < -0.3 is 0 Å². The minimum atomic E-state index is -0.908. The van der Waals surface area contributed by atoms with E-state index in [0.717, 1.165) is 22.4 Å². The molecule has 2 aliphatic heterocycles. The molecule has 0 bridgehead atoms. The quantitative estimate of drug-likeness (QED) is 0.546. The second-order valence-electron chi connectivity index (χ2n) is 7.98. The van der Waals surface area contributed by atoms with Crippen LogP contribution in [0.3, 0.4) is 0 Å². The monoisotopic (exact) mass is 432 g/mol. The Morgan fingerprint density at radius 2 is 1.58 bits per heavy atom. The number of imide groups is 1. The maximum absolute atomic E-state index is 13.6. The molecule has 3 aromatic carbocycles. The molecule has 5 nitrogen and oxygen atoms in total. The van der Waals surface area contributed by atoms with Crippen LogP contribution in [-0.4, -0.2) is 17.9 Å². The van der Waals surface area contributed by atoms with E-state index in [1.165, 1.54) is 4.90 Å². The van der Waals surface area contributed by atoms with Crippen molar-refractivity contribution in [2.45, 2.75) is 26.0 Å². The molecule has 0 radical (unpaired) electrons. The summed E-state index contributed by atoms with van der Waals surface area (Å²) >= 11 is 6.31. The lowest BCUT2D eigenvalue weighted by atomic mass is 9.87. The number of para-hydroxylation sites is 2. The molecular weight excluding hydrogens is 412 g/mol. The molecule has 2 fully saturated rings. The first-order valence-corrected chi connectivity index (χ1v) is 10.6. The number of carbonyl (C=O) groups excluding carboxylic acids is 2. The smallest absolute Gasteiger partial charge is 0.266 e. The molecule has 0 aliphatic carbocycles. The van der Waals surface area contributed by atoms with Crippen LogP contribution in [0.15, 0.2) is 72.8 Å². The largest absolute Gasteiger partial charge is 0.273 e. The van der Waals surface area contributed by atoms with Gasteiger partial charge in [0.15, 0.2) is 6.10 Å². The molecule has 3 aromatic rings. The fourth-order valence-electron chi connectivity index (χ4n) is 4.56. The number of anilines is 2. The molecule has 2 saturated heterocycles. The molecular formula is C25H21ClN2O3. The van der Waals surface area contributed by atoms with E-state index in [-0.39, 0.29) is 5.91 Å². The highest BCUT2D eigenvalue weighted by molar-refractivity contribution is 6.36. The number of hydroxylamine groups is 1. The maximum atomic E-state index is 13.6. The van der Waals surface area contributed by atoms with E-state index >= 15 is 0 Å². The van der Waals surface area contributed by atoms with Gasteiger partial charge in [0.2, 0.25) is 5.91 Å². The standard InChI is InChI=1S/C25H21ClN2O3/c1-15-12-13-18(16(2)14-15)22-21-23(31-28(22)17-8-4-3-5-9-17)25(30)27(24(21)29)20-11-7-6-10-19(20)26/h3-14,21-23H,1-2H3/t21-,22-,23+/m1/s1. The Kier molecular flexibility index (Phi) is 4.80. The van der Waals surface area contributed by atoms with E-state index in [9.17, 15) is 9.59 Å². The van der Waals surface area contributed by atoms with Crippen LogP contribution in [0.1, 0.15) is 22.7 Å². The molecule has 0 aromatic heterocycles. The second kappa shape index (κ2) is 7.52. The Bertz CT molecular complexity index is 1180. The second-order valence-corrected chi connectivity index (χ2v) is 8.39. The molecule has 6 heteroatoms. The summed E-state index contributed by atoms with van der Waals surface area (Å²) in [5, 5.41) is 2.07. The van der Waals surface area contributed by atoms with E-state index in [1.54, 1.807) is 29.3 Å². The summed E-state index contributed by atoms with van der Waals surface area (Å²) in [7, 11) is 0. The number of benzene rings is 3. The van der Waals surface area contributed by atoms with Crippen LogP contribution in [0.25, 0.3) is 0 Å². The SMILES string of the molecule is Cc1ccc([C@@H]2[C@H]3C(=O)N(c4ccccc4Cl)C(=O)[C@H]3ON2c2ccccc2)c(C)c1. The van der Waals surface area contributed by atoms with Gasteiger partial charge in [0.05, 0.1) is 22.4 Å². The van der Waals surface area contributed by atoms with Crippen molar-refractivity contribution in [3.63, 3.8) is 0 Å². The van der Waals surface area contributed by atoms with Crippen LogP contribution >= 0.6 is 11.6 Å². The van der Waals surface area contributed by atoms with Crippen molar-refractivity contribution in [2.75, 3.05) is 9.96 Å². The van der Waals surface area contributed by atoms with E-state index in [1.807, 2.05) is 56.3 Å². The van der Waals surface area contributed by atoms with Crippen molar-refractivity contribution < 1.29 is 14.4 Å². The molecule has 156 valence electrons. The van der Waals surface area contributed by atoms with Crippen LogP contribution in [0.2, 0.25) is 5.02 Å². The van der Waals surface area contributed by atoms with Gasteiger partial charge in [-0.1, -0.05) is 65.7 Å². The number of hydrogen-bond acceptors (Lipinski definition) is 4. The molecule has 2 aliphatic rings. The number of fused-ring (bicyclic) bond motifs is 1. The fraction of sp³-hybridized carbons (Fsp3) is 0.200. The van der Waals surface area contributed by atoms with Gasteiger partial charge in [0.25, 0.3) is 5.91 Å². The average Bonchev–Trinajstić information content (AvgIpc) is 3.26. The number of amides is 2. The van der Waals surface area contributed by atoms with Gasteiger partial charge in [-0.2, -0.15) is 0 Å². The number of rotatable bonds is 3. The van der Waals surface area contributed by atoms with Gasteiger partial charge in [-0.25, -0.2) is 9.96 Å². The minimum absolute atomic E-state index is 0.300. The first kappa shape index (κ1) is 19.8. The lowest BCUT2D eigenvalue weighted by Gasteiger charge is -2.30. The molecule has 2 amide bonds. The predicted octanol–water partition coefficient (Wildman–Crippen LogP) is 5.01. The molecule has 2 heterocycles. The molecule has 5 rings (SSSR count). The summed E-state index contributed by atoms with van der Waals surface area (Å²) in [5.41, 5.74) is 4.33. The lowest BCUT2D eigenvalue weighted by Crippen LogP contribution is -2.37. The van der Waals surface area contributed by atoms with E-state index < -0.39 is 24.0 Å². The Morgan fingerprint density at radius 1 is 0.871 bits per heavy atom. The molecule has 3 atom stereocenters. The van der Waals surface area contributed by atoms with Crippen molar-refractivity contribution in [1.82, 2.24) is 0 Å². The van der Waals surface area contributed by atoms with Crippen molar-refractivity contribution in [2.24, 2.45) is 5.92 Å². The molecule has 0 saturated carbocycles. The van der Waals surface area contributed by atoms with Gasteiger partial charge in [0, 0.05) is 0 Å². The zero-order valence-electron chi connectivity index (χ0n) is 17.2. The van der Waals surface area contributed by atoms with Gasteiger partial charge in [-0.05, 0) is 49.2 Å². The summed E-state index contributed by atoms with van der Waals surface area (Å²) in [6.45, 7) is 4.05. The van der Waals surface area contributed by atoms with E-state index in [2.05, 4.69) is 6.07 Å². The summed E-state index contributed by atoms with van der Waals surface area (Å²) < 4.78 is 0. The number of carbonyl (C=O) groups is 2. The highest BCUT2D eigenvalue weighted by atomic mass is 35.5. The van der Waals surface area contributed by atoms with Gasteiger partial charge in [-0.15, -0.1) is 0 Å². The van der Waals surface area contributed by atoms with Crippen molar-refractivity contribution in [3.05, 3.63) is 94.5 Å². The predicted molar refractivity (Wildman–Crippen MR) is 120 cm³/mol. The lowest BCUT2D eigenvalue weighted by molar-refractivity contribution is -0.126. The van der Waals surface area contributed by atoms with Crippen molar-refractivity contribution >= 4 is 34.8 Å². The summed E-state index contributed by atoms with van der Waals surface area (Å²) in [5.74, 6) is -1.37. The third-order valence-electron chi connectivity index (χ3n) is 5.96. The summed E-state index contributed by atoms with van der Waals surface area (Å²) in [6, 6.07) is 22.1. The molecule has 0 unspecified atom stereocenters. The van der Waals surface area contributed by atoms with Gasteiger partial charge >= 0.3 is 0 Å². The third-order valence-corrected chi connectivity index (χ3v) is 6.28. The van der Waals surface area contributed by atoms with Crippen molar-refractivity contribution in [1.29, 1.82) is 0 Å². The Labute approximate surface area is 185 Å². The maximum Gasteiger partial charge on any atom is 0.266 e. The fourth-order valence-corrected chi connectivity index (χ4v) is 4.78. The van der Waals surface area contributed by atoms with Crippen LogP contribution in [-0.2, 0) is 14.4 Å². The first-order chi connectivity index (χ1) is 15.0. The van der Waals surface area contributed by atoms with E-state index in [0.29, 0.717) is 10.7 Å². The Balaban J connectivity index is 1.63. The van der Waals surface area contributed by atoms with Gasteiger partial charge in [0.1, 0.15) is 5.92 Å². The number of aryl methyl sites for hydroxylation is 2. The minimum Gasteiger partial charge on any atom is -0.273 e.